The number of rotatable bonds is 6. The third-order valence-corrected chi connectivity index (χ3v) is 6.79. The molecule has 1 aliphatic rings. The fourth-order valence-electron chi connectivity index (χ4n) is 4.87. The minimum absolute atomic E-state index is 0.166. The molecule has 36 heavy (non-hydrogen) atoms. The summed E-state index contributed by atoms with van der Waals surface area (Å²) in [6.07, 6.45) is 1.03. The Morgan fingerprint density at radius 2 is 1.83 bits per heavy atom. The Morgan fingerprint density at radius 3 is 2.67 bits per heavy atom. The summed E-state index contributed by atoms with van der Waals surface area (Å²) in [5.74, 6) is -0.337. The number of aromatic nitrogens is 1. The van der Waals surface area contributed by atoms with Crippen molar-refractivity contribution in [3.05, 3.63) is 94.7 Å². The molecule has 1 aromatic heterocycles. The highest BCUT2D eigenvalue weighted by Gasteiger charge is 2.16. The Balaban J connectivity index is 1.27. The van der Waals surface area contributed by atoms with Crippen LogP contribution in [-0.2, 0) is 26.1 Å². The maximum atomic E-state index is 13.0. The van der Waals surface area contributed by atoms with E-state index >= 15 is 0 Å². The maximum absolute atomic E-state index is 13.0. The number of hydrogen-bond donors (Lipinski definition) is 3. The van der Waals surface area contributed by atoms with Gasteiger partial charge in [0.2, 0.25) is 0 Å². The van der Waals surface area contributed by atoms with Crippen LogP contribution >= 0.6 is 0 Å². The fraction of sp³-hybridized carbons (Fsp3) is 0.241. The number of fused-ring (bicyclic) bond motifs is 2. The van der Waals surface area contributed by atoms with Crippen LogP contribution in [0, 0.1) is 0 Å². The van der Waals surface area contributed by atoms with Gasteiger partial charge < -0.3 is 25.8 Å². The molecule has 0 saturated carbocycles. The van der Waals surface area contributed by atoms with Gasteiger partial charge in [-0.1, -0.05) is 24.3 Å². The van der Waals surface area contributed by atoms with Crippen LogP contribution in [0.25, 0.3) is 10.9 Å². The zero-order valence-corrected chi connectivity index (χ0v) is 20.7. The van der Waals surface area contributed by atoms with Gasteiger partial charge in [0.05, 0.1) is 5.52 Å². The van der Waals surface area contributed by atoms with Gasteiger partial charge in [-0.15, -0.1) is 0 Å². The molecule has 2 amide bonds. The van der Waals surface area contributed by atoms with Crippen LogP contribution in [0.5, 0.6) is 0 Å². The standard InChI is InChI=1S/C29H31N5O2/c1-3-34-26-16-24(30)9-7-21(26)15-27(34)29(36)31-17-19-5-4-6-22(13-19)28(35)32-25-10-8-20-11-12-33(2)18-23(20)14-25/h4-10,13-16H,3,11-12,17-18,30H2,1-2H3,(H,31,36)(H,32,35). The summed E-state index contributed by atoms with van der Waals surface area (Å²) >= 11 is 0. The van der Waals surface area contributed by atoms with Gasteiger partial charge in [0, 0.05) is 48.5 Å². The van der Waals surface area contributed by atoms with E-state index in [1.165, 1.54) is 11.1 Å². The number of nitrogens with zero attached hydrogens (tertiary/aromatic N) is 2. The quantitative estimate of drug-likeness (QED) is 0.356. The first-order chi connectivity index (χ1) is 17.4. The fourth-order valence-corrected chi connectivity index (χ4v) is 4.87. The van der Waals surface area contributed by atoms with E-state index in [1.54, 1.807) is 6.07 Å². The van der Waals surface area contributed by atoms with E-state index in [9.17, 15) is 9.59 Å². The minimum atomic E-state index is -0.170. The molecule has 0 atom stereocenters. The molecule has 7 heteroatoms. The second-order valence-corrected chi connectivity index (χ2v) is 9.40. The molecule has 0 bridgehead atoms. The smallest absolute Gasteiger partial charge is 0.268 e. The molecule has 0 spiro atoms. The largest absolute Gasteiger partial charge is 0.399 e. The van der Waals surface area contributed by atoms with E-state index in [0.29, 0.717) is 30.0 Å². The number of nitrogens with one attached hydrogen (secondary N) is 2. The predicted octanol–water partition coefficient (Wildman–Crippen LogP) is 4.41. The summed E-state index contributed by atoms with van der Waals surface area (Å²) in [6, 6.07) is 21.0. The Kier molecular flexibility index (Phi) is 6.48. The highest BCUT2D eigenvalue weighted by molar-refractivity contribution is 6.04. The maximum Gasteiger partial charge on any atom is 0.268 e. The molecule has 4 N–H and O–H groups in total. The van der Waals surface area contributed by atoms with E-state index in [2.05, 4.69) is 34.7 Å². The number of nitrogens with two attached hydrogens (primary N) is 1. The molecule has 0 unspecified atom stereocenters. The van der Waals surface area contributed by atoms with Gasteiger partial charge in [-0.3, -0.25) is 9.59 Å². The van der Waals surface area contributed by atoms with Crippen LogP contribution in [0.15, 0.2) is 66.7 Å². The van der Waals surface area contributed by atoms with Crippen molar-refractivity contribution >= 4 is 34.1 Å². The predicted molar refractivity (Wildman–Crippen MR) is 144 cm³/mol. The summed E-state index contributed by atoms with van der Waals surface area (Å²) in [7, 11) is 2.11. The number of carbonyl (C=O) groups excluding carboxylic acids is 2. The summed E-state index contributed by atoms with van der Waals surface area (Å²) in [5.41, 5.74) is 12.9. The monoisotopic (exact) mass is 481 g/mol. The molecule has 184 valence electrons. The van der Waals surface area contributed by atoms with Gasteiger partial charge in [0.15, 0.2) is 0 Å². The highest BCUT2D eigenvalue weighted by Crippen LogP contribution is 2.24. The Labute approximate surface area is 210 Å². The summed E-state index contributed by atoms with van der Waals surface area (Å²) in [5, 5.41) is 6.99. The average molecular weight is 482 g/mol. The zero-order chi connectivity index (χ0) is 25.2. The third kappa shape index (κ3) is 4.83. The third-order valence-electron chi connectivity index (χ3n) is 6.79. The van der Waals surface area contributed by atoms with Crippen molar-refractivity contribution in [2.75, 3.05) is 24.6 Å². The van der Waals surface area contributed by atoms with E-state index in [1.807, 2.05) is 60.0 Å². The molecule has 5 rings (SSSR count). The highest BCUT2D eigenvalue weighted by atomic mass is 16.2. The number of aryl methyl sites for hydroxylation is 1. The Hall–Kier alpha value is -4.10. The van der Waals surface area contributed by atoms with Gasteiger partial charge in [0.1, 0.15) is 5.69 Å². The van der Waals surface area contributed by atoms with Gasteiger partial charge >= 0.3 is 0 Å². The molecule has 4 aromatic rings. The van der Waals surface area contributed by atoms with E-state index in [0.717, 1.165) is 41.7 Å². The molecule has 0 saturated heterocycles. The summed E-state index contributed by atoms with van der Waals surface area (Å²) < 4.78 is 1.96. The van der Waals surface area contributed by atoms with Gasteiger partial charge in [-0.25, -0.2) is 0 Å². The second-order valence-electron chi connectivity index (χ2n) is 9.40. The number of hydrogen-bond acceptors (Lipinski definition) is 4. The lowest BCUT2D eigenvalue weighted by Crippen LogP contribution is -2.26. The lowest BCUT2D eigenvalue weighted by Gasteiger charge is -2.25. The van der Waals surface area contributed by atoms with Crippen molar-refractivity contribution in [3.63, 3.8) is 0 Å². The molecule has 1 aliphatic heterocycles. The number of anilines is 2. The van der Waals surface area contributed by atoms with Gasteiger partial charge in [0.25, 0.3) is 11.8 Å². The number of likely N-dealkylation sites (N-methyl/N-ethyl adjacent to an activating group) is 1. The van der Waals surface area contributed by atoms with Crippen molar-refractivity contribution in [1.29, 1.82) is 0 Å². The molecular weight excluding hydrogens is 450 g/mol. The molecule has 0 aliphatic carbocycles. The lowest BCUT2D eigenvalue weighted by molar-refractivity contribution is 0.0942. The van der Waals surface area contributed by atoms with Crippen LogP contribution < -0.4 is 16.4 Å². The normalized spacial score (nSPS) is 13.4. The van der Waals surface area contributed by atoms with Crippen molar-refractivity contribution in [3.8, 4) is 0 Å². The molecule has 7 nitrogen and oxygen atoms in total. The number of nitrogen functional groups attached to an aromatic ring is 1. The van der Waals surface area contributed by atoms with E-state index in [4.69, 9.17) is 5.73 Å². The summed E-state index contributed by atoms with van der Waals surface area (Å²) in [4.78, 5) is 28.2. The minimum Gasteiger partial charge on any atom is -0.399 e. The van der Waals surface area contributed by atoms with E-state index < -0.39 is 0 Å². The van der Waals surface area contributed by atoms with Crippen molar-refractivity contribution in [2.24, 2.45) is 0 Å². The van der Waals surface area contributed by atoms with Crippen LogP contribution in [0.4, 0.5) is 11.4 Å². The first-order valence-electron chi connectivity index (χ1n) is 12.3. The van der Waals surface area contributed by atoms with Crippen molar-refractivity contribution < 1.29 is 9.59 Å². The van der Waals surface area contributed by atoms with Crippen LogP contribution in [0.1, 0.15) is 44.5 Å². The molecule has 3 aromatic carbocycles. The van der Waals surface area contributed by atoms with Crippen LogP contribution in [0.2, 0.25) is 0 Å². The average Bonchev–Trinajstić information content (AvgIpc) is 3.25. The van der Waals surface area contributed by atoms with Crippen LogP contribution in [0.3, 0.4) is 0 Å². The Morgan fingerprint density at radius 1 is 0.972 bits per heavy atom. The second kappa shape index (κ2) is 9.87. The SMILES string of the molecule is CCn1c(C(=O)NCc2cccc(C(=O)Nc3ccc4c(c3)CN(C)CC4)c2)cc2ccc(N)cc21. The summed E-state index contributed by atoms with van der Waals surface area (Å²) in [6.45, 7) is 4.92. The molecule has 0 fully saturated rings. The number of carbonyl (C=O) groups is 2. The van der Waals surface area contributed by atoms with Crippen LogP contribution in [-0.4, -0.2) is 34.9 Å². The Bertz CT molecular complexity index is 1460. The number of benzene rings is 3. The zero-order valence-electron chi connectivity index (χ0n) is 20.7. The van der Waals surface area contributed by atoms with Crippen molar-refractivity contribution in [1.82, 2.24) is 14.8 Å². The molecule has 0 radical (unpaired) electrons. The van der Waals surface area contributed by atoms with E-state index in [-0.39, 0.29) is 11.8 Å². The van der Waals surface area contributed by atoms with Crippen molar-refractivity contribution in [2.45, 2.75) is 33.0 Å². The lowest BCUT2D eigenvalue weighted by atomic mass is 9.99. The first-order valence-corrected chi connectivity index (χ1v) is 12.3. The number of amides is 2. The topological polar surface area (TPSA) is 92.4 Å². The molecular formula is C29H31N5O2. The van der Waals surface area contributed by atoms with Gasteiger partial charge in [-0.05, 0) is 79.5 Å². The molecule has 2 heterocycles. The first kappa shape index (κ1) is 23.6. The van der Waals surface area contributed by atoms with Gasteiger partial charge in [-0.2, -0.15) is 0 Å².